The first-order valence-electron chi connectivity index (χ1n) is 6.40. The summed E-state index contributed by atoms with van der Waals surface area (Å²) in [6, 6.07) is 13.4. The number of rotatable bonds is 6. The molecular formula is C15H15NO4S2. The van der Waals surface area contributed by atoms with E-state index in [1.165, 1.54) is 21.8 Å². The van der Waals surface area contributed by atoms with Crippen LogP contribution in [0.4, 0.5) is 4.79 Å². The molecule has 0 atom stereocenters. The summed E-state index contributed by atoms with van der Waals surface area (Å²) >= 11 is 0. The van der Waals surface area contributed by atoms with Crippen LogP contribution in [-0.2, 0) is 17.1 Å². The van der Waals surface area contributed by atoms with Crippen molar-refractivity contribution in [1.82, 2.24) is 4.72 Å². The monoisotopic (exact) mass is 337 g/mol. The van der Waals surface area contributed by atoms with Crippen molar-refractivity contribution in [3.8, 4) is 11.5 Å². The van der Waals surface area contributed by atoms with Crippen LogP contribution >= 0.6 is 21.8 Å². The minimum atomic E-state index is -0.517. The molecule has 116 valence electrons. The highest BCUT2D eigenvalue weighted by molar-refractivity contribution is 8.75. The van der Waals surface area contributed by atoms with Gasteiger partial charge in [0.15, 0.2) is 0 Å². The predicted octanol–water partition coefficient (Wildman–Crippen LogP) is 3.82. The molecule has 0 aromatic heterocycles. The van der Waals surface area contributed by atoms with Crippen LogP contribution in [0.3, 0.4) is 0 Å². The third kappa shape index (κ3) is 5.79. The molecule has 2 rings (SSSR count). The van der Waals surface area contributed by atoms with Gasteiger partial charge in [0.05, 0.1) is 0 Å². The lowest BCUT2D eigenvalue weighted by Gasteiger charge is -2.06. The zero-order valence-corrected chi connectivity index (χ0v) is 13.2. The molecule has 1 amide bonds. The van der Waals surface area contributed by atoms with E-state index < -0.39 is 6.09 Å². The van der Waals surface area contributed by atoms with Crippen molar-refractivity contribution >= 4 is 27.9 Å². The molecule has 0 heterocycles. The van der Waals surface area contributed by atoms with Crippen molar-refractivity contribution in [3.05, 3.63) is 59.7 Å². The number of benzene rings is 2. The fourth-order valence-electron chi connectivity index (χ4n) is 1.52. The molecule has 0 aliphatic heterocycles. The quantitative estimate of drug-likeness (QED) is 0.422. The van der Waals surface area contributed by atoms with Crippen molar-refractivity contribution in [1.29, 1.82) is 0 Å². The van der Waals surface area contributed by atoms with Crippen LogP contribution in [-0.4, -0.2) is 16.3 Å². The number of phenolic OH excluding ortho intramolecular Hbond substituents is 2. The smallest absolute Gasteiger partial charge is 0.418 e. The van der Waals surface area contributed by atoms with E-state index >= 15 is 0 Å². The zero-order chi connectivity index (χ0) is 15.8. The van der Waals surface area contributed by atoms with Gasteiger partial charge in [-0.15, -0.1) is 0 Å². The third-order valence-electron chi connectivity index (χ3n) is 2.65. The van der Waals surface area contributed by atoms with Crippen molar-refractivity contribution in [2.75, 3.05) is 0 Å². The number of carbonyl (C=O) groups is 1. The van der Waals surface area contributed by atoms with E-state index in [1.54, 1.807) is 36.4 Å². The van der Waals surface area contributed by atoms with Gasteiger partial charge in [0.2, 0.25) is 0 Å². The van der Waals surface area contributed by atoms with E-state index in [1.807, 2.05) is 12.1 Å². The summed E-state index contributed by atoms with van der Waals surface area (Å²) in [6.07, 6.45) is -0.517. The van der Waals surface area contributed by atoms with Crippen LogP contribution < -0.4 is 4.72 Å². The maximum absolute atomic E-state index is 11.5. The van der Waals surface area contributed by atoms with E-state index in [2.05, 4.69) is 4.72 Å². The Balaban J connectivity index is 1.61. The van der Waals surface area contributed by atoms with Gasteiger partial charge < -0.3 is 14.9 Å². The van der Waals surface area contributed by atoms with Gasteiger partial charge in [-0.05, 0) is 35.4 Å². The Morgan fingerprint density at radius 2 is 1.50 bits per heavy atom. The third-order valence-corrected chi connectivity index (χ3v) is 4.43. The summed E-state index contributed by atoms with van der Waals surface area (Å²) in [5.41, 5.74) is 1.85. The number of ether oxygens (including phenoxy) is 1. The van der Waals surface area contributed by atoms with E-state index in [-0.39, 0.29) is 18.1 Å². The Morgan fingerprint density at radius 1 is 0.955 bits per heavy atom. The molecule has 0 fully saturated rings. The summed E-state index contributed by atoms with van der Waals surface area (Å²) in [7, 11) is 2.64. The Labute approximate surface area is 136 Å². The minimum Gasteiger partial charge on any atom is -0.508 e. The fourth-order valence-corrected chi connectivity index (χ4v) is 3.06. The summed E-state index contributed by atoms with van der Waals surface area (Å²) in [5, 5.41) is 18.3. The average Bonchev–Trinajstić information content (AvgIpc) is 2.53. The molecular weight excluding hydrogens is 322 g/mol. The standard InChI is InChI=1S/C15H15NO4S2/c17-13-5-1-11(2-6-13)9-20-15(19)16-22-21-10-12-3-7-14(18)8-4-12/h1-8,17-18H,9-10H2,(H,16,19). The minimum absolute atomic E-state index is 0.148. The molecule has 3 N–H and O–H groups in total. The van der Waals surface area contributed by atoms with E-state index in [0.29, 0.717) is 5.75 Å². The second-order valence-electron chi connectivity index (χ2n) is 4.36. The molecule has 0 aliphatic carbocycles. The first-order chi connectivity index (χ1) is 10.6. The molecule has 2 aromatic carbocycles. The molecule has 7 heteroatoms. The second-order valence-corrected chi connectivity index (χ2v) is 6.46. The van der Waals surface area contributed by atoms with Gasteiger partial charge in [-0.1, -0.05) is 35.1 Å². The average molecular weight is 337 g/mol. The van der Waals surface area contributed by atoms with Crippen LogP contribution in [0, 0.1) is 0 Å². The zero-order valence-electron chi connectivity index (χ0n) is 11.6. The van der Waals surface area contributed by atoms with Gasteiger partial charge in [0.1, 0.15) is 18.1 Å². The van der Waals surface area contributed by atoms with E-state index in [0.717, 1.165) is 11.1 Å². The summed E-state index contributed by atoms with van der Waals surface area (Å²) in [4.78, 5) is 11.5. The first-order valence-corrected chi connectivity index (χ1v) is 8.72. The Hall–Kier alpha value is -1.99. The van der Waals surface area contributed by atoms with Gasteiger partial charge in [-0.2, -0.15) is 0 Å². The molecule has 0 bridgehead atoms. The molecule has 2 aromatic rings. The summed E-state index contributed by atoms with van der Waals surface area (Å²) in [5.74, 6) is 1.11. The van der Waals surface area contributed by atoms with Crippen LogP contribution in [0.1, 0.15) is 11.1 Å². The van der Waals surface area contributed by atoms with Crippen LogP contribution in [0.2, 0.25) is 0 Å². The second kappa shape index (κ2) is 8.45. The van der Waals surface area contributed by atoms with Gasteiger partial charge >= 0.3 is 6.09 Å². The largest absolute Gasteiger partial charge is 0.508 e. The molecule has 0 saturated heterocycles. The first kappa shape index (κ1) is 16.4. The summed E-state index contributed by atoms with van der Waals surface area (Å²) in [6.45, 7) is 0.148. The predicted molar refractivity (Wildman–Crippen MR) is 88.4 cm³/mol. The molecule has 0 unspecified atom stereocenters. The fraction of sp³-hybridized carbons (Fsp3) is 0.133. The maximum Gasteiger partial charge on any atom is 0.418 e. The van der Waals surface area contributed by atoms with Gasteiger partial charge in [-0.3, -0.25) is 4.72 Å². The SMILES string of the molecule is O=C(NSSCc1ccc(O)cc1)OCc1ccc(O)cc1. The van der Waals surface area contributed by atoms with Crippen molar-refractivity contribution < 1.29 is 19.7 Å². The van der Waals surface area contributed by atoms with Gasteiger partial charge in [0.25, 0.3) is 0 Å². The molecule has 22 heavy (non-hydrogen) atoms. The van der Waals surface area contributed by atoms with Crippen molar-refractivity contribution in [2.24, 2.45) is 0 Å². The summed E-state index contributed by atoms with van der Waals surface area (Å²) < 4.78 is 7.60. The number of phenols is 2. The lowest BCUT2D eigenvalue weighted by atomic mass is 10.2. The molecule has 0 aliphatic rings. The van der Waals surface area contributed by atoms with Crippen LogP contribution in [0.15, 0.2) is 48.5 Å². The highest BCUT2D eigenvalue weighted by atomic mass is 33.1. The number of hydrogen-bond donors (Lipinski definition) is 3. The van der Waals surface area contributed by atoms with Crippen LogP contribution in [0.5, 0.6) is 11.5 Å². The van der Waals surface area contributed by atoms with E-state index in [4.69, 9.17) is 14.9 Å². The molecule has 0 spiro atoms. The van der Waals surface area contributed by atoms with Crippen molar-refractivity contribution in [2.45, 2.75) is 12.4 Å². The number of amides is 1. The van der Waals surface area contributed by atoms with Gasteiger partial charge in [-0.25, -0.2) is 4.79 Å². The Bertz CT molecular complexity index is 602. The normalized spacial score (nSPS) is 10.2. The van der Waals surface area contributed by atoms with Crippen molar-refractivity contribution in [3.63, 3.8) is 0 Å². The lowest BCUT2D eigenvalue weighted by molar-refractivity contribution is 0.147. The highest BCUT2D eigenvalue weighted by Crippen LogP contribution is 2.24. The molecule has 0 saturated carbocycles. The Morgan fingerprint density at radius 3 is 2.09 bits per heavy atom. The number of carbonyl (C=O) groups excluding carboxylic acids is 1. The lowest BCUT2D eigenvalue weighted by Crippen LogP contribution is -2.16. The number of aromatic hydroxyl groups is 2. The Kier molecular flexibility index (Phi) is 6.29. The highest BCUT2D eigenvalue weighted by Gasteiger charge is 2.03. The number of hydrogen-bond acceptors (Lipinski definition) is 6. The molecule has 0 radical (unpaired) electrons. The van der Waals surface area contributed by atoms with Gasteiger partial charge in [0, 0.05) is 16.7 Å². The topological polar surface area (TPSA) is 78.8 Å². The number of nitrogens with one attached hydrogen (secondary N) is 1. The van der Waals surface area contributed by atoms with E-state index in [9.17, 15) is 4.79 Å². The maximum atomic E-state index is 11.5. The molecule has 5 nitrogen and oxygen atoms in total. The van der Waals surface area contributed by atoms with Crippen LogP contribution in [0.25, 0.3) is 0 Å².